The smallest absolute Gasteiger partial charge is 0.271 e. The molecule has 41 heavy (non-hydrogen) atoms. The van der Waals surface area contributed by atoms with Crippen LogP contribution in [0.15, 0.2) is 108 Å². The zero-order chi connectivity index (χ0) is 28.8. The molecule has 0 aromatic heterocycles. The van der Waals surface area contributed by atoms with Crippen molar-refractivity contribution in [2.75, 3.05) is 11.1 Å². The van der Waals surface area contributed by atoms with E-state index in [1.54, 1.807) is 73.3 Å². The fourth-order valence-electron chi connectivity index (χ4n) is 4.40. The van der Waals surface area contributed by atoms with E-state index < -0.39 is 0 Å². The third-order valence-corrected chi connectivity index (χ3v) is 8.06. The van der Waals surface area contributed by atoms with Crippen LogP contribution in [0.5, 0.6) is 0 Å². The third kappa shape index (κ3) is 7.03. The van der Waals surface area contributed by atoms with E-state index in [0.29, 0.717) is 39.8 Å². The molecule has 0 aliphatic carbocycles. The molecular formula is C32H27ClN4O3S. The zero-order valence-electron chi connectivity index (χ0n) is 22.2. The lowest BCUT2D eigenvalue weighted by Gasteiger charge is -2.24. The summed E-state index contributed by atoms with van der Waals surface area (Å²) in [5.74, 6) is -0.0973. The second-order valence-electron chi connectivity index (χ2n) is 9.48. The molecule has 1 heterocycles. The molecule has 9 heteroatoms. The number of amides is 3. The lowest BCUT2D eigenvalue weighted by atomic mass is 10.1. The lowest BCUT2D eigenvalue weighted by Crippen LogP contribution is -2.27. The molecule has 0 spiro atoms. The summed E-state index contributed by atoms with van der Waals surface area (Å²) in [5.41, 5.74) is 7.46. The van der Waals surface area contributed by atoms with Crippen LogP contribution in [0.3, 0.4) is 0 Å². The molecule has 0 saturated carbocycles. The van der Waals surface area contributed by atoms with E-state index in [-0.39, 0.29) is 23.1 Å². The van der Waals surface area contributed by atoms with Gasteiger partial charge >= 0.3 is 0 Å². The highest BCUT2D eigenvalue weighted by Crippen LogP contribution is 2.39. The van der Waals surface area contributed by atoms with Gasteiger partial charge in [0.05, 0.1) is 11.5 Å². The molecule has 7 nitrogen and oxygen atoms in total. The third-order valence-electron chi connectivity index (χ3n) is 6.57. The van der Waals surface area contributed by atoms with Crippen LogP contribution in [0.25, 0.3) is 0 Å². The van der Waals surface area contributed by atoms with Gasteiger partial charge < -0.3 is 10.2 Å². The van der Waals surface area contributed by atoms with E-state index in [1.165, 1.54) is 0 Å². The molecule has 1 aliphatic heterocycles. The molecule has 1 atom stereocenters. The lowest BCUT2D eigenvalue weighted by molar-refractivity contribution is -0.128. The van der Waals surface area contributed by atoms with Crippen LogP contribution in [-0.2, 0) is 11.3 Å². The molecule has 0 bridgehead atoms. The van der Waals surface area contributed by atoms with E-state index in [0.717, 1.165) is 16.7 Å². The minimum absolute atomic E-state index is 0.101. The summed E-state index contributed by atoms with van der Waals surface area (Å²) in [6.07, 6.45) is 0. The Labute approximate surface area is 247 Å². The number of hydrogen-bond acceptors (Lipinski definition) is 5. The van der Waals surface area contributed by atoms with Crippen LogP contribution in [0.4, 0.5) is 5.69 Å². The maximum absolute atomic E-state index is 12.8. The highest BCUT2D eigenvalue weighted by Gasteiger charge is 2.32. The average Bonchev–Trinajstić information content (AvgIpc) is 3.35. The fraction of sp³-hybridized carbons (Fsp3) is 0.125. The summed E-state index contributed by atoms with van der Waals surface area (Å²) in [6, 6.07) is 31.1. The topological polar surface area (TPSA) is 90.9 Å². The number of halogens is 1. The van der Waals surface area contributed by atoms with E-state index >= 15 is 0 Å². The maximum Gasteiger partial charge on any atom is 0.271 e. The summed E-state index contributed by atoms with van der Waals surface area (Å²) in [4.78, 5) is 39.8. The zero-order valence-corrected chi connectivity index (χ0v) is 23.8. The summed E-state index contributed by atoms with van der Waals surface area (Å²) >= 11 is 7.58. The molecule has 0 radical (unpaired) electrons. The van der Waals surface area contributed by atoms with Crippen LogP contribution in [0.2, 0.25) is 5.02 Å². The first-order valence-corrected chi connectivity index (χ1v) is 14.4. The van der Waals surface area contributed by atoms with Crippen LogP contribution < -0.4 is 10.7 Å². The number of benzene rings is 4. The summed E-state index contributed by atoms with van der Waals surface area (Å²) in [6.45, 7) is 2.32. The summed E-state index contributed by atoms with van der Waals surface area (Å²) in [7, 11) is 0. The molecule has 1 fully saturated rings. The molecule has 5 rings (SSSR count). The predicted molar refractivity (Wildman–Crippen MR) is 164 cm³/mol. The number of carbonyl (C=O) groups is 3. The van der Waals surface area contributed by atoms with Gasteiger partial charge in [0.1, 0.15) is 5.37 Å². The summed E-state index contributed by atoms with van der Waals surface area (Å²) < 4.78 is 0. The van der Waals surface area contributed by atoms with Crippen LogP contribution >= 0.6 is 23.4 Å². The monoisotopic (exact) mass is 582 g/mol. The first-order chi connectivity index (χ1) is 19.9. The van der Waals surface area contributed by atoms with Gasteiger partial charge in [-0.05, 0) is 66.1 Å². The van der Waals surface area contributed by atoms with Gasteiger partial charge in [-0.15, -0.1) is 11.8 Å². The molecule has 3 amide bonds. The normalized spacial score (nSPS) is 15.1. The van der Waals surface area contributed by atoms with E-state index in [9.17, 15) is 14.4 Å². The number of nitrogens with zero attached hydrogens (tertiary/aromatic N) is 2. The highest BCUT2D eigenvalue weighted by atomic mass is 35.5. The molecule has 206 valence electrons. The molecule has 2 N–H and O–H groups in total. The van der Waals surface area contributed by atoms with Gasteiger partial charge in [0, 0.05) is 28.4 Å². The Morgan fingerprint density at radius 1 is 0.878 bits per heavy atom. The van der Waals surface area contributed by atoms with Crippen molar-refractivity contribution in [2.45, 2.75) is 18.8 Å². The molecule has 4 aromatic carbocycles. The van der Waals surface area contributed by atoms with Crippen molar-refractivity contribution in [1.82, 2.24) is 10.3 Å². The minimum Gasteiger partial charge on any atom is -0.322 e. The summed E-state index contributed by atoms with van der Waals surface area (Å²) in [5, 5.41) is 7.49. The van der Waals surface area contributed by atoms with Crippen molar-refractivity contribution in [2.24, 2.45) is 5.10 Å². The molecular weight excluding hydrogens is 556 g/mol. The van der Waals surface area contributed by atoms with E-state index in [2.05, 4.69) is 15.8 Å². The molecule has 1 aliphatic rings. The Kier molecular flexibility index (Phi) is 8.82. The van der Waals surface area contributed by atoms with Crippen LogP contribution in [-0.4, -0.2) is 34.1 Å². The van der Waals surface area contributed by atoms with Crippen molar-refractivity contribution in [3.63, 3.8) is 0 Å². The number of hydrazone groups is 1. The first-order valence-electron chi connectivity index (χ1n) is 12.9. The predicted octanol–water partition coefficient (Wildman–Crippen LogP) is 6.52. The van der Waals surface area contributed by atoms with Gasteiger partial charge in [-0.1, -0.05) is 72.3 Å². The Bertz CT molecular complexity index is 1610. The maximum atomic E-state index is 12.8. The van der Waals surface area contributed by atoms with Crippen molar-refractivity contribution in [1.29, 1.82) is 0 Å². The average molecular weight is 583 g/mol. The van der Waals surface area contributed by atoms with Crippen molar-refractivity contribution in [3.05, 3.63) is 136 Å². The Balaban J connectivity index is 1.21. The SMILES string of the molecule is C/C(=N/NC(=O)c1ccc([C@@H]2SCC(=O)N2Cc2ccccc2)cc1)c1cccc(NC(=O)c2cccc(Cl)c2)c1. The Morgan fingerprint density at radius 2 is 1.61 bits per heavy atom. The van der Waals surface area contributed by atoms with Gasteiger partial charge in [0.2, 0.25) is 5.91 Å². The van der Waals surface area contributed by atoms with Gasteiger partial charge in [0.25, 0.3) is 11.8 Å². The largest absolute Gasteiger partial charge is 0.322 e. The Hall–Kier alpha value is -4.40. The number of anilines is 1. The number of rotatable bonds is 8. The standard InChI is InChI=1S/C32H27ClN4O3S/c1-21(25-9-6-12-28(18-25)34-30(39)26-10-5-11-27(33)17-26)35-36-31(40)23-13-15-24(16-14-23)32-37(29(38)20-41-32)19-22-7-3-2-4-8-22/h2-18,32H,19-20H2,1H3,(H,34,39)(H,36,40)/b35-21-/t32-/m0/s1. The van der Waals surface area contributed by atoms with Gasteiger partial charge in [-0.25, -0.2) is 5.43 Å². The van der Waals surface area contributed by atoms with Crippen LogP contribution in [0.1, 0.15) is 49.7 Å². The highest BCUT2D eigenvalue weighted by molar-refractivity contribution is 8.00. The number of thioether (sulfide) groups is 1. The second-order valence-corrected chi connectivity index (χ2v) is 11.0. The Morgan fingerprint density at radius 3 is 2.37 bits per heavy atom. The fourth-order valence-corrected chi connectivity index (χ4v) is 5.78. The van der Waals surface area contributed by atoms with Gasteiger partial charge in [-0.3, -0.25) is 14.4 Å². The van der Waals surface area contributed by atoms with Crippen molar-refractivity contribution < 1.29 is 14.4 Å². The molecule has 0 unspecified atom stereocenters. The number of carbonyl (C=O) groups excluding carboxylic acids is 3. The number of nitrogens with one attached hydrogen (secondary N) is 2. The first kappa shape index (κ1) is 28.1. The minimum atomic E-state index is -0.349. The van der Waals surface area contributed by atoms with E-state index in [4.69, 9.17) is 11.6 Å². The molecule has 4 aromatic rings. The van der Waals surface area contributed by atoms with Gasteiger partial charge in [-0.2, -0.15) is 5.10 Å². The van der Waals surface area contributed by atoms with Crippen molar-refractivity contribution in [3.8, 4) is 0 Å². The molecule has 1 saturated heterocycles. The van der Waals surface area contributed by atoms with Crippen molar-refractivity contribution >= 4 is 52.5 Å². The number of hydrogen-bond donors (Lipinski definition) is 2. The second kappa shape index (κ2) is 12.8. The van der Waals surface area contributed by atoms with Gasteiger partial charge in [0.15, 0.2) is 0 Å². The quantitative estimate of drug-likeness (QED) is 0.183. The van der Waals surface area contributed by atoms with E-state index in [1.807, 2.05) is 53.4 Å². The van der Waals surface area contributed by atoms with Crippen LogP contribution in [0, 0.1) is 0 Å².